The largest absolute Gasteiger partial charge is 0.320 e. The molecule has 0 unspecified atom stereocenters. The Morgan fingerprint density at radius 2 is 1.96 bits per heavy atom. The van der Waals surface area contributed by atoms with E-state index < -0.39 is 10.0 Å². The summed E-state index contributed by atoms with van der Waals surface area (Å²) >= 11 is 5.55. The van der Waals surface area contributed by atoms with E-state index in [-0.39, 0.29) is 4.90 Å². The van der Waals surface area contributed by atoms with Gasteiger partial charge in [0.25, 0.3) is 0 Å². The fourth-order valence-electron chi connectivity index (χ4n) is 3.27. The summed E-state index contributed by atoms with van der Waals surface area (Å²) < 4.78 is 27.9. The molecule has 0 aliphatic carbocycles. The monoisotopic (exact) mass is 355 g/mol. The molecule has 2 aromatic rings. The molecule has 1 aliphatic heterocycles. The fourth-order valence-corrected chi connectivity index (χ4v) is 4.07. The maximum absolute atomic E-state index is 11.6. The topological polar surface area (TPSA) is 74.5 Å². The van der Waals surface area contributed by atoms with Gasteiger partial charge in [-0.1, -0.05) is 6.92 Å². The van der Waals surface area contributed by atoms with Crippen molar-refractivity contribution >= 4 is 33.3 Å². The molecule has 2 heterocycles. The first-order valence-corrected chi connectivity index (χ1v) is 9.78. The van der Waals surface area contributed by atoms with E-state index >= 15 is 0 Å². The number of aryl methyl sites for hydroxylation is 1. The molecule has 8 heteroatoms. The Morgan fingerprint density at radius 1 is 1.30 bits per heavy atom. The summed E-state index contributed by atoms with van der Waals surface area (Å²) in [5, 5.41) is 5.27. The first kappa shape index (κ1) is 16.6. The van der Waals surface area contributed by atoms with Crippen LogP contribution in [0.25, 0.3) is 11.0 Å². The number of rotatable bonds is 3. The van der Waals surface area contributed by atoms with Gasteiger partial charge in [0, 0.05) is 7.05 Å². The summed E-state index contributed by atoms with van der Waals surface area (Å²) in [5.41, 5.74) is 1.75. The molecule has 0 spiro atoms. The Labute approximate surface area is 141 Å². The van der Waals surface area contributed by atoms with E-state index in [4.69, 9.17) is 17.4 Å². The molecular formula is C15H23N4O2S2+. The van der Waals surface area contributed by atoms with E-state index in [0.717, 1.165) is 36.7 Å². The number of aromatic nitrogens is 2. The number of nitrogens with two attached hydrogens (primary N) is 1. The second-order valence-electron chi connectivity index (χ2n) is 6.56. The summed E-state index contributed by atoms with van der Waals surface area (Å²) in [6, 6.07) is 4.94. The highest BCUT2D eigenvalue weighted by atomic mass is 32.2. The highest BCUT2D eigenvalue weighted by Crippen LogP contribution is 2.20. The van der Waals surface area contributed by atoms with Crippen molar-refractivity contribution in [2.75, 3.05) is 13.1 Å². The third-order valence-corrected chi connectivity index (χ3v) is 6.21. The van der Waals surface area contributed by atoms with Gasteiger partial charge in [-0.25, -0.2) is 13.6 Å². The third-order valence-electron chi connectivity index (χ3n) is 4.81. The van der Waals surface area contributed by atoms with Crippen molar-refractivity contribution in [3.8, 4) is 0 Å². The van der Waals surface area contributed by atoms with Gasteiger partial charge in [0.2, 0.25) is 10.0 Å². The van der Waals surface area contributed by atoms with Crippen molar-refractivity contribution < 1.29 is 13.3 Å². The first-order valence-electron chi connectivity index (χ1n) is 7.83. The lowest BCUT2D eigenvalue weighted by Gasteiger charge is -2.27. The number of imidazole rings is 1. The molecule has 1 aromatic heterocycles. The maximum atomic E-state index is 11.6. The quantitative estimate of drug-likeness (QED) is 0.793. The Bertz CT molecular complexity index is 890. The van der Waals surface area contributed by atoms with Crippen LogP contribution in [0.4, 0.5) is 0 Å². The van der Waals surface area contributed by atoms with Crippen LogP contribution in [0.3, 0.4) is 0 Å². The van der Waals surface area contributed by atoms with Crippen LogP contribution in [0.15, 0.2) is 23.1 Å². The van der Waals surface area contributed by atoms with Gasteiger partial charge >= 0.3 is 0 Å². The molecule has 6 nitrogen and oxygen atoms in total. The number of benzene rings is 1. The molecule has 1 aromatic carbocycles. The predicted molar refractivity (Wildman–Crippen MR) is 92.2 cm³/mol. The lowest BCUT2D eigenvalue weighted by atomic mass is 10.00. The van der Waals surface area contributed by atoms with Gasteiger partial charge < -0.3 is 9.47 Å². The number of likely N-dealkylation sites (tertiary alicyclic amines) is 1. The molecular weight excluding hydrogens is 332 g/mol. The SMILES string of the molecule is CC1CC[NH+](Cn2c(=S)n(C)c3ccc(S(N)(=O)=O)cc32)CC1. The second kappa shape index (κ2) is 6.01. The van der Waals surface area contributed by atoms with E-state index in [1.54, 1.807) is 12.1 Å². The molecule has 126 valence electrons. The summed E-state index contributed by atoms with van der Waals surface area (Å²) in [6.45, 7) is 5.29. The van der Waals surface area contributed by atoms with Crippen molar-refractivity contribution in [2.45, 2.75) is 31.3 Å². The van der Waals surface area contributed by atoms with Gasteiger partial charge in [-0.05, 0) is 49.2 Å². The third kappa shape index (κ3) is 3.21. The zero-order chi connectivity index (χ0) is 16.8. The van der Waals surface area contributed by atoms with Gasteiger partial charge in [-0.2, -0.15) is 0 Å². The van der Waals surface area contributed by atoms with Crippen LogP contribution in [-0.4, -0.2) is 30.6 Å². The number of nitrogens with zero attached hydrogens (tertiary/aromatic N) is 2. The van der Waals surface area contributed by atoms with Crippen molar-refractivity contribution in [1.82, 2.24) is 9.13 Å². The Morgan fingerprint density at radius 3 is 2.57 bits per heavy atom. The normalized spacial score (nSPS) is 22.6. The van der Waals surface area contributed by atoms with Crippen molar-refractivity contribution in [3.05, 3.63) is 23.0 Å². The molecule has 0 amide bonds. The molecule has 0 bridgehead atoms. The van der Waals surface area contributed by atoms with E-state index in [1.807, 2.05) is 16.2 Å². The van der Waals surface area contributed by atoms with E-state index in [0.29, 0.717) is 4.77 Å². The maximum Gasteiger partial charge on any atom is 0.238 e. The summed E-state index contributed by atoms with van der Waals surface area (Å²) in [6.07, 6.45) is 2.44. The Hall–Kier alpha value is -1.22. The smallest absolute Gasteiger partial charge is 0.238 e. The summed E-state index contributed by atoms with van der Waals surface area (Å²) in [4.78, 5) is 1.61. The number of quaternary nitrogens is 1. The van der Waals surface area contributed by atoms with Crippen LogP contribution in [0.5, 0.6) is 0 Å². The van der Waals surface area contributed by atoms with Gasteiger partial charge in [0.1, 0.15) is 0 Å². The average molecular weight is 356 g/mol. The number of hydrogen-bond acceptors (Lipinski definition) is 3. The van der Waals surface area contributed by atoms with Crippen LogP contribution < -0.4 is 10.0 Å². The molecule has 3 N–H and O–H groups in total. The van der Waals surface area contributed by atoms with E-state index in [1.165, 1.54) is 23.8 Å². The molecule has 0 radical (unpaired) electrons. The molecule has 1 saturated heterocycles. The minimum Gasteiger partial charge on any atom is -0.320 e. The van der Waals surface area contributed by atoms with E-state index in [9.17, 15) is 8.42 Å². The van der Waals surface area contributed by atoms with Gasteiger partial charge in [-0.15, -0.1) is 0 Å². The van der Waals surface area contributed by atoms with Crippen molar-refractivity contribution in [1.29, 1.82) is 0 Å². The second-order valence-corrected chi connectivity index (χ2v) is 8.48. The number of nitrogens with one attached hydrogen (secondary N) is 1. The number of hydrogen-bond donors (Lipinski definition) is 2. The standard InChI is InChI=1S/C15H22N4O2S2/c1-11-5-7-18(8-6-11)10-19-14-9-12(23(16,20)21)3-4-13(14)17(2)15(19)22/h3-4,9,11H,5-8,10H2,1-2H3,(H2,16,20,21)/p+1. The highest BCUT2D eigenvalue weighted by Gasteiger charge is 2.21. The first-order chi connectivity index (χ1) is 10.8. The predicted octanol–water partition coefficient (Wildman–Crippen LogP) is 0.629. The van der Waals surface area contributed by atoms with Crippen LogP contribution >= 0.6 is 12.2 Å². The minimum atomic E-state index is -3.72. The number of sulfonamides is 1. The number of fused-ring (bicyclic) bond motifs is 1. The minimum absolute atomic E-state index is 0.126. The van der Waals surface area contributed by atoms with Crippen LogP contribution in [0, 0.1) is 10.7 Å². The molecule has 1 aliphatic rings. The van der Waals surface area contributed by atoms with Crippen molar-refractivity contribution in [2.24, 2.45) is 18.1 Å². The van der Waals surface area contributed by atoms with Gasteiger partial charge in [0.05, 0.1) is 29.0 Å². The zero-order valence-corrected chi connectivity index (χ0v) is 15.1. The lowest BCUT2D eigenvalue weighted by Crippen LogP contribution is -3.12. The number of piperidine rings is 1. The van der Waals surface area contributed by atoms with Crippen molar-refractivity contribution in [3.63, 3.8) is 0 Å². The summed E-state index contributed by atoms with van der Waals surface area (Å²) in [5.74, 6) is 0.785. The Balaban J connectivity index is 2.04. The summed E-state index contributed by atoms with van der Waals surface area (Å²) in [7, 11) is -1.81. The van der Waals surface area contributed by atoms with Gasteiger partial charge in [-0.3, -0.25) is 4.57 Å². The van der Waals surface area contributed by atoms with Gasteiger partial charge in [0.15, 0.2) is 11.4 Å². The molecule has 3 rings (SSSR count). The number of primary sulfonamides is 1. The molecule has 23 heavy (non-hydrogen) atoms. The lowest BCUT2D eigenvalue weighted by molar-refractivity contribution is -0.928. The molecule has 0 saturated carbocycles. The van der Waals surface area contributed by atoms with E-state index in [2.05, 4.69) is 6.92 Å². The average Bonchev–Trinajstić information content (AvgIpc) is 2.73. The molecule has 0 atom stereocenters. The highest BCUT2D eigenvalue weighted by molar-refractivity contribution is 7.89. The van der Waals surface area contributed by atoms with Crippen LogP contribution in [0.2, 0.25) is 0 Å². The molecule has 1 fully saturated rings. The Kier molecular flexibility index (Phi) is 4.35. The zero-order valence-electron chi connectivity index (χ0n) is 13.4. The van der Waals surface area contributed by atoms with Crippen LogP contribution in [-0.2, 0) is 23.7 Å². The van der Waals surface area contributed by atoms with Crippen LogP contribution in [0.1, 0.15) is 19.8 Å². The fraction of sp³-hybridized carbons (Fsp3) is 0.533.